The molecule has 0 saturated heterocycles. The molecule has 1 aromatic heterocycles. The Balaban J connectivity index is 1.25. The molecule has 0 amide bonds. The van der Waals surface area contributed by atoms with Crippen molar-refractivity contribution in [1.82, 2.24) is 4.37 Å². The van der Waals surface area contributed by atoms with Crippen LogP contribution in [0.4, 0.5) is 13.2 Å². The zero-order valence-electron chi connectivity index (χ0n) is 21.9. The van der Waals surface area contributed by atoms with Gasteiger partial charge >= 0.3 is 12.1 Å². The third-order valence-electron chi connectivity index (χ3n) is 7.94. The van der Waals surface area contributed by atoms with E-state index in [-0.39, 0.29) is 42.2 Å². The van der Waals surface area contributed by atoms with Gasteiger partial charge in [-0.15, -0.1) is 0 Å². The van der Waals surface area contributed by atoms with Crippen LogP contribution in [0.2, 0.25) is 10.0 Å². The van der Waals surface area contributed by atoms with Crippen LogP contribution in [-0.4, -0.2) is 20.6 Å². The highest BCUT2D eigenvalue weighted by molar-refractivity contribution is 7.06. The third-order valence-corrected chi connectivity index (χ3v) is 9.62. The van der Waals surface area contributed by atoms with Crippen molar-refractivity contribution in [2.75, 3.05) is 0 Å². The quantitative estimate of drug-likeness (QED) is 0.202. The SMILES string of the molecule is O=C(O)c1ccc(C2CC(O)(c3ccc(OCc4c(-c5c(Cl)cccc5Cl)nsc4C4CC4)cc3C(F)(F)F)C2)cc1. The van der Waals surface area contributed by atoms with E-state index in [2.05, 4.69) is 4.37 Å². The minimum Gasteiger partial charge on any atom is -0.489 e. The normalized spacial score (nSPS) is 20.3. The van der Waals surface area contributed by atoms with Crippen LogP contribution in [0, 0.1) is 0 Å². The van der Waals surface area contributed by atoms with Crippen molar-refractivity contribution in [1.29, 1.82) is 0 Å². The second kappa shape index (κ2) is 10.9. The number of hydrogen-bond donors (Lipinski definition) is 2. The molecule has 0 unspecified atom stereocenters. The summed E-state index contributed by atoms with van der Waals surface area (Å²) in [5, 5.41) is 21.2. The van der Waals surface area contributed by atoms with Crippen molar-refractivity contribution < 1.29 is 32.9 Å². The largest absolute Gasteiger partial charge is 0.489 e. The van der Waals surface area contributed by atoms with Gasteiger partial charge in [0, 0.05) is 16.0 Å². The zero-order valence-corrected chi connectivity index (χ0v) is 24.2. The number of rotatable bonds is 8. The number of carboxylic acid groups (broad SMARTS) is 1. The molecule has 0 aliphatic heterocycles. The van der Waals surface area contributed by atoms with Crippen molar-refractivity contribution in [3.63, 3.8) is 0 Å². The Kier molecular flexibility index (Phi) is 7.50. The van der Waals surface area contributed by atoms with Crippen LogP contribution >= 0.6 is 34.7 Å². The fourth-order valence-corrected chi connectivity index (χ4v) is 7.18. The van der Waals surface area contributed by atoms with Crippen molar-refractivity contribution in [3.8, 4) is 17.0 Å². The topological polar surface area (TPSA) is 79.7 Å². The van der Waals surface area contributed by atoms with Crippen molar-refractivity contribution in [3.05, 3.63) is 103 Å². The maximum atomic E-state index is 14.3. The number of aliphatic hydroxyl groups is 1. The van der Waals surface area contributed by atoms with Crippen molar-refractivity contribution in [2.24, 2.45) is 0 Å². The molecule has 4 aromatic rings. The molecule has 2 saturated carbocycles. The van der Waals surface area contributed by atoms with Gasteiger partial charge in [-0.05, 0) is 96.6 Å². The highest BCUT2D eigenvalue weighted by Gasteiger charge is 2.49. The summed E-state index contributed by atoms with van der Waals surface area (Å²) < 4.78 is 53.3. The first kappa shape index (κ1) is 29.0. The van der Waals surface area contributed by atoms with Gasteiger partial charge in [-0.2, -0.15) is 17.5 Å². The minimum atomic E-state index is -4.72. The van der Waals surface area contributed by atoms with Crippen LogP contribution < -0.4 is 4.74 Å². The molecule has 3 aromatic carbocycles. The minimum absolute atomic E-state index is 0.0129. The van der Waals surface area contributed by atoms with Gasteiger partial charge in [0.25, 0.3) is 0 Å². The molecule has 2 aliphatic rings. The van der Waals surface area contributed by atoms with E-state index in [1.54, 1.807) is 30.3 Å². The first-order valence-electron chi connectivity index (χ1n) is 13.3. The van der Waals surface area contributed by atoms with E-state index in [1.807, 2.05) is 0 Å². The van der Waals surface area contributed by atoms with E-state index in [0.29, 0.717) is 27.2 Å². The maximum absolute atomic E-state index is 14.3. The Hall–Kier alpha value is -3.11. The fraction of sp³-hybridized carbons (Fsp3) is 0.290. The van der Waals surface area contributed by atoms with Gasteiger partial charge in [-0.1, -0.05) is 47.5 Å². The molecule has 2 aliphatic carbocycles. The summed E-state index contributed by atoms with van der Waals surface area (Å²) in [5.41, 5.74) is -0.0720. The number of alkyl halides is 3. The molecule has 1 heterocycles. The van der Waals surface area contributed by atoms with Gasteiger partial charge in [0.15, 0.2) is 0 Å². The molecule has 218 valence electrons. The number of carbonyl (C=O) groups is 1. The summed E-state index contributed by atoms with van der Waals surface area (Å²) >= 11 is 14.2. The van der Waals surface area contributed by atoms with Gasteiger partial charge in [0.1, 0.15) is 12.4 Å². The number of ether oxygens (including phenoxy) is 1. The molecule has 2 fully saturated rings. The summed E-state index contributed by atoms with van der Waals surface area (Å²) in [6, 6.07) is 15.0. The van der Waals surface area contributed by atoms with E-state index in [0.717, 1.165) is 34.9 Å². The van der Waals surface area contributed by atoms with Crippen molar-refractivity contribution >= 4 is 40.7 Å². The highest BCUT2D eigenvalue weighted by atomic mass is 35.5. The number of benzene rings is 3. The first-order chi connectivity index (χ1) is 19.9. The Morgan fingerprint density at radius 2 is 1.69 bits per heavy atom. The van der Waals surface area contributed by atoms with Gasteiger partial charge in [0.2, 0.25) is 0 Å². The summed E-state index contributed by atoms with van der Waals surface area (Å²) in [7, 11) is 0. The number of carboxylic acids is 1. The summed E-state index contributed by atoms with van der Waals surface area (Å²) in [6.07, 6.45) is -2.56. The molecule has 42 heavy (non-hydrogen) atoms. The zero-order chi connectivity index (χ0) is 29.8. The number of aromatic nitrogens is 1. The van der Waals surface area contributed by atoms with Crippen LogP contribution in [0.15, 0.2) is 60.7 Å². The summed E-state index contributed by atoms with van der Waals surface area (Å²) in [5.74, 6) is -0.923. The van der Waals surface area contributed by atoms with Crippen LogP contribution in [-0.2, 0) is 18.4 Å². The molecular formula is C31H24Cl2F3NO4S. The van der Waals surface area contributed by atoms with Crippen LogP contribution in [0.5, 0.6) is 5.75 Å². The number of hydrogen-bond acceptors (Lipinski definition) is 5. The Bertz CT molecular complexity index is 1640. The lowest BCUT2D eigenvalue weighted by Crippen LogP contribution is -2.41. The molecule has 5 nitrogen and oxygen atoms in total. The van der Waals surface area contributed by atoms with Crippen LogP contribution in [0.3, 0.4) is 0 Å². The van der Waals surface area contributed by atoms with E-state index in [9.17, 15) is 23.1 Å². The second-order valence-corrected chi connectivity index (χ2v) is 12.4. The predicted octanol–water partition coefficient (Wildman–Crippen LogP) is 9.06. The molecule has 6 rings (SSSR count). The van der Waals surface area contributed by atoms with E-state index < -0.39 is 23.3 Å². The van der Waals surface area contributed by atoms with E-state index in [4.69, 9.17) is 33.0 Å². The van der Waals surface area contributed by atoms with Gasteiger partial charge in [0.05, 0.1) is 32.5 Å². The lowest BCUT2D eigenvalue weighted by atomic mass is 9.64. The number of nitrogens with zero attached hydrogens (tertiary/aromatic N) is 1. The smallest absolute Gasteiger partial charge is 0.416 e. The second-order valence-electron chi connectivity index (χ2n) is 10.8. The van der Waals surface area contributed by atoms with E-state index >= 15 is 0 Å². The number of halogens is 5. The van der Waals surface area contributed by atoms with Crippen LogP contribution in [0.25, 0.3) is 11.3 Å². The Morgan fingerprint density at radius 1 is 1.02 bits per heavy atom. The molecule has 0 spiro atoms. The standard InChI is InChI=1S/C31H24Cl2F3NO4S/c32-24-2-1-3-25(33)26(24)27-21(28(42-37-27)17-6-7-17)15-41-20-10-11-22(23(12-20)31(34,35)36)30(40)13-19(14-30)16-4-8-18(9-5-16)29(38)39/h1-5,8-12,17,19,40H,6-7,13-15H2,(H,38,39). The Labute approximate surface area is 253 Å². The third kappa shape index (κ3) is 5.51. The molecule has 11 heteroatoms. The molecule has 0 atom stereocenters. The molecular weight excluding hydrogens is 610 g/mol. The lowest BCUT2D eigenvalue weighted by Gasteiger charge is -2.45. The monoisotopic (exact) mass is 633 g/mol. The Morgan fingerprint density at radius 3 is 2.29 bits per heavy atom. The van der Waals surface area contributed by atoms with Gasteiger partial charge in [-0.3, -0.25) is 0 Å². The lowest BCUT2D eigenvalue weighted by molar-refractivity contribution is -0.143. The highest BCUT2D eigenvalue weighted by Crippen LogP contribution is 2.54. The van der Waals surface area contributed by atoms with Crippen LogP contribution in [0.1, 0.15) is 75.0 Å². The molecule has 2 N–H and O–H groups in total. The van der Waals surface area contributed by atoms with Gasteiger partial charge < -0.3 is 14.9 Å². The molecule has 0 bridgehead atoms. The predicted molar refractivity (Wildman–Crippen MR) is 155 cm³/mol. The summed E-state index contributed by atoms with van der Waals surface area (Å²) in [4.78, 5) is 12.1. The van der Waals surface area contributed by atoms with Gasteiger partial charge in [-0.25, -0.2) is 4.79 Å². The first-order valence-corrected chi connectivity index (χ1v) is 14.8. The fourth-order valence-electron chi connectivity index (χ4n) is 5.57. The summed E-state index contributed by atoms with van der Waals surface area (Å²) in [6.45, 7) is -0.0193. The number of aromatic carboxylic acids is 1. The molecule has 0 radical (unpaired) electrons. The average Bonchev–Trinajstić information content (AvgIpc) is 3.69. The average molecular weight is 635 g/mol. The van der Waals surface area contributed by atoms with E-state index in [1.165, 1.54) is 35.8 Å². The van der Waals surface area contributed by atoms with Crippen molar-refractivity contribution in [2.45, 2.75) is 55.9 Å². The maximum Gasteiger partial charge on any atom is 0.416 e.